The van der Waals surface area contributed by atoms with Crippen molar-refractivity contribution in [3.63, 3.8) is 0 Å². The summed E-state index contributed by atoms with van der Waals surface area (Å²) in [5, 5.41) is 9.60. The van der Waals surface area contributed by atoms with Crippen molar-refractivity contribution in [3.8, 4) is 0 Å². The van der Waals surface area contributed by atoms with Crippen molar-refractivity contribution in [2.45, 2.75) is 21.8 Å². The third-order valence-corrected chi connectivity index (χ3v) is 7.95. The van der Waals surface area contributed by atoms with Crippen LogP contribution < -0.4 is 0 Å². The van der Waals surface area contributed by atoms with Crippen molar-refractivity contribution >= 4 is 50.9 Å². The Kier molecular flexibility index (Phi) is 6.38. The van der Waals surface area contributed by atoms with Gasteiger partial charge in [0.1, 0.15) is 5.82 Å². The fourth-order valence-corrected chi connectivity index (χ4v) is 6.06. The van der Waals surface area contributed by atoms with Gasteiger partial charge in [-0.15, -0.1) is 21.5 Å². The first-order chi connectivity index (χ1) is 15.8. The van der Waals surface area contributed by atoms with Crippen molar-refractivity contribution in [2.24, 2.45) is 0 Å². The van der Waals surface area contributed by atoms with E-state index in [-0.39, 0.29) is 5.78 Å². The van der Waals surface area contributed by atoms with E-state index in [1.165, 1.54) is 16.5 Å². The van der Waals surface area contributed by atoms with Gasteiger partial charge in [-0.1, -0.05) is 66.0 Å². The molecule has 0 bridgehead atoms. The molecule has 0 aliphatic rings. The SMILES string of the molecule is O=C(CSc1nnc(CSc2nc3ccccc3s2)n1Cc1ccccc1)c1ccc[nH]1. The van der Waals surface area contributed by atoms with E-state index in [1.807, 2.05) is 42.5 Å². The molecule has 6 nitrogen and oxygen atoms in total. The molecular formula is C23H19N5OS3. The van der Waals surface area contributed by atoms with Gasteiger partial charge in [0.05, 0.1) is 34.0 Å². The highest BCUT2D eigenvalue weighted by atomic mass is 32.2. The number of hydrogen-bond donors (Lipinski definition) is 1. The van der Waals surface area contributed by atoms with Crippen molar-refractivity contribution < 1.29 is 4.79 Å². The number of carbonyl (C=O) groups is 1. The summed E-state index contributed by atoms with van der Waals surface area (Å²) >= 11 is 4.77. The fourth-order valence-electron chi connectivity index (χ4n) is 3.21. The minimum absolute atomic E-state index is 0.0414. The zero-order valence-corrected chi connectivity index (χ0v) is 19.4. The average molecular weight is 478 g/mol. The van der Waals surface area contributed by atoms with Crippen LogP contribution in [0.5, 0.6) is 0 Å². The Morgan fingerprint density at radius 3 is 2.62 bits per heavy atom. The lowest BCUT2D eigenvalue weighted by atomic mass is 10.2. The Labute approximate surface area is 197 Å². The molecule has 0 saturated carbocycles. The van der Waals surface area contributed by atoms with E-state index in [0.29, 0.717) is 23.7 Å². The number of ketones is 1. The van der Waals surface area contributed by atoms with Gasteiger partial charge in [-0.05, 0) is 29.8 Å². The number of Topliss-reactive ketones (excluding diaryl/α,β-unsaturated/α-hetero) is 1. The number of aromatic nitrogens is 5. The predicted octanol–water partition coefficient (Wildman–Crippen LogP) is 5.53. The third kappa shape index (κ3) is 4.79. The van der Waals surface area contributed by atoms with Crippen LogP contribution in [0.15, 0.2) is 82.4 Å². The van der Waals surface area contributed by atoms with Gasteiger partial charge in [0.25, 0.3) is 0 Å². The van der Waals surface area contributed by atoms with Crippen LogP contribution in [0.2, 0.25) is 0 Å². The molecule has 0 amide bonds. The molecule has 3 aromatic heterocycles. The van der Waals surface area contributed by atoms with Crippen molar-refractivity contribution in [1.29, 1.82) is 0 Å². The van der Waals surface area contributed by atoms with E-state index < -0.39 is 0 Å². The van der Waals surface area contributed by atoms with Gasteiger partial charge in [0, 0.05) is 6.20 Å². The summed E-state index contributed by atoms with van der Waals surface area (Å²) in [6, 6.07) is 22.0. The van der Waals surface area contributed by atoms with Crippen molar-refractivity contribution in [1.82, 2.24) is 24.7 Å². The Morgan fingerprint density at radius 1 is 0.969 bits per heavy atom. The molecule has 160 valence electrons. The van der Waals surface area contributed by atoms with Gasteiger partial charge in [-0.2, -0.15) is 0 Å². The number of nitrogens with zero attached hydrogens (tertiary/aromatic N) is 4. The van der Waals surface area contributed by atoms with Crippen LogP contribution in [-0.2, 0) is 12.3 Å². The first-order valence-corrected chi connectivity index (χ1v) is 12.8. The van der Waals surface area contributed by atoms with Gasteiger partial charge < -0.3 is 9.55 Å². The molecule has 5 rings (SSSR count). The quantitative estimate of drug-likeness (QED) is 0.222. The van der Waals surface area contributed by atoms with Crippen LogP contribution in [0.1, 0.15) is 21.9 Å². The maximum Gasteiger partial charge on any atom is 0.191 e. The molecule has 0 saturated heterocycles. The fraction of sp³-hybridized carbons (Fsp3) is 0.130. The standard InChI is InChI=1S/C23H19N5OS3/c29-19(17-10-6-12-24-17)14-30-22-27-26-21(28(22)13-16-7-2-1-3-8-16)15-31-23-25-18-9-4-5-11-20(18)32-23/h1-12,24H,13-15H2. The summed E-state index contributed by atoms with van der Waals surface area (Å²) < 4.78 is 4.29. The van der Waals surface area contributed by atoms with Crippen molar-refractivity contribution in [3.05, 3.63) is 90.0 Å². The van der Waals surface area contributed by atoms with Crippen molar-refractivity contribution in [2.75, 3.05) is 5.75 Å². The number of hydrogen-bond acceptors (Lipinski definition) is 7. The van der Waals surface area contributed by atoms with Crippen LogP contribution in [0, 0.1) is 0 Å². The summed E-state index contributed by atoms with van der Waals surface area (Å²) in [5.41, 5.74) is 2.79. The largest absolute Gasteiger partial charge is 0.359 e. The summed E-state index contributed by atoms with van der Waals surface area (Å²) in [5.74, 6) is 1.87. The van der Waals surface area contributed by atoms with Gasteiger partial charge in [0.2, 0.25) is 0 Å². The molecule has 32 heavy (non-hydrogen) atoms. The minimum Gasteiger partial charge on any atom is -0.359 e. The molecule has 0 atom stereocenters. The molecule has 9 heteroatoms. The smallest absolute Gasteiger partial charge is 0.191 e. The summed E-state index contributed by atoms with van der Waals surface area (Å²) in [6.07, 6.45) is 1.76. The monoisotopic (exact) mass is 477 g/mol. The second kappa shape index (κ2) is 9.72. The molecule has 0 unspecified atom stereocenters. The molecule has 5 aromatic rings. The number of para-hydroxylation sites is 1. The molecule has 1 N–H and O–H groups in total. The Balaban J connectivity index is 1.35. The highest BCUT2D eigenvalue weighted by Crippen LogP contribution is 2.32. The first kappa shape index (κ1) is 21.0. The van der Waals surface area contributed by atoms with Crippen LogP contribution in [0.25, 0.3) is 10.2 Å². The molecule has 0 fully saturated rings. The molecule has 0 aliphatic carbocycles. The number of aromatic amines is 1. The number of nitrogens with one attached hydrogen (secondary N) is 1. The predicted molar refractivity (Wildman–Crippen MR) is 131 cm³/mol. The van der Waals surface area contributed by atoms with Gasteiger partial charge in [0.15, 0.2) is 15.3 Å². The molecule has 0 radical (unpaired) electrons. The van der Waals surface area contributed by atoms with E-state index in [4.69, 9.17) is 4.98 Å². The highest BCUT2D eigenvalue weighted by Gasteiger charge is 2.17. The number of H-pyrrole nitrogens is 1. The number of carbonyl (C=O) groups excluding carboxylic acids is 1. The summed E-state index contributed by atoms with van der Waals surface area (Å²) in [4.78, 5) is 20.1. The lowest BCUT2D eigenvalue weighted by Crippen LogP contribution is -2.08. The molecule has 0 aliphatic heterocycles. The van der Waals surface area contributed by atoms with Crippen LogP contribution in [0.4, 0.5) is 0 Å². The second-order valence-electron chi connectivity index (χ2n) is 7.00. The molecule has 3 heterocycles. The lowest BCUT2D eigenvalue weighted by Gasteiger charge is -2.10. The maximum atomic E-state index is 12.4. The number of rotatable bonds is 9. The summed E-state index contributed by atoms with van der Waals surface area (Å²) in [7, 11) is 0. The Hall–Kier alpha value is -2.88. The number of benzene rings is 2. The molecule has 0 spiro atoms. The van der Waals surface area contributed by atoms with E-state index >= 15 is 0 Å². The normalized spacial score (nSPS) is 11.2. The topological polar surface area (TPSA) is 76.5 Å². The Morgan fingerprint density at radius 2 is 1.81 bits per heavy atom. The third-order valence-electron chi connectivity index (χ3n) is 4.81. The maximum absolute atomic E-state index is 12.4. The van der Waals surface area contributed by atoms with Gasteiger partial charge in [-0.25, -0.2) is 4.98 Å². The second-order valence-corrected chi connectivity index (χ2v) is 10.2. The number of thiazole rings is 1. The van der Waals surface area contributed by atoms with Crippen LogP contribution in [0.3, 0.4) is 0 Å². The number of fused-ring (bicyclic) bond motifs is 1. The van der Waals surface area contributed by atoms with E-state index in [2.05, 4.69) is 37.9 Å². The van der Waals surface area contributed by atoms with E-state index in [0.717, 1.165) is 26.4 Å². The van der Waals surface area contributed by atoms with E-state index in [1.54, 1.807) is 35.4 Å². The zero-order valence-electron chi connectivity index (χ0n) is 17.0. The van der Waals surface area contributed by atoms with Crippen LogP contribution >= 0.6 is 34.9 Å². The zero-order chi connectivity index (χ0) is 21.8. The number of thioether (sulfide) groups is 2. The molecular weight excluding hydrogens is 458 g/mol. The van der Waals surface area contributed by atoms with E-state index in [9.17, 15) is 4.79 Å². The first-order valence-electron chi connectivity index (χ1n) is 10.00. The minimum atomic E-state index is 0.0414. The van der Waals surface area contributed by atoms with Gasteiger partial charge >= 0.3 is 0 Å². The highest BCUT2D eigenvalue weighted by molar-refractivity contribution is 8.00. The van der Waals surface area contributed by atoms with Crippen LogP contribution in [-0.4, -0.2) is 36.3 Å². The molecule has 2 aromatic carbocycles. The summed E-state index contributed by atoms with van der Waals surface area (Å²) in [6.45, 7) is 0.655. The Bertz CT molecular complexity index is 1300. The average Bonchev–Trinajstić information content (AvgIpc) is 3.57. The lowest BCUT2D eigenvalue weighted by molar-refractivity contribution is 0.101. The van der Waals surface area contributed by atoms with Gasteiger partial charge in [-0.3, -0.25) is 4.79 Å².